The Labute approximate surface area is 118 Å². The molecule has 0 aromatic carbocycles. The number of hydrogen-bond donors (Lipinski definition) is 2. The average Bonchev–Trinajstić information content (AvgIpc) is 2.78. The highest BCUT2D eigenvalue weighted by atomic mass is 32.1. The van der Waals surface area contributed by atoms with E-state index in [1.165, 1.54) is 18.6 Å². The van der Waals surface area contributed by atoms with Crippen LogP contribution in [-0.2, 0) is 4.74 Å². The lowest BCUT2D eigenvalue weighted by molar-refractivity contribution is 0.0603. The summed E-state index contributed by atoms with van der Waals surface area (Å²) in [6.45, 7) is 8.06. The highest BCUT2D eigenvalue weighted by molar-refractivity contribution is 7.11. The van der Waals surface area contributed by atoms with E-state index >= 15 is 0 Å². The Balaban J connectivity index is 2.56. The molecule has 1 aromatic rings. The number of nitrogens with zero attached hydrogens (tertiary/aromatic N) is 2. The molecule has 3 N–H and O–H groups in total. The molecule has 0 aliphatic rings. The Morgan fingerprint density at radius 1 is 1.47 bits per heavy atom. The topological polar surface area (TPSA) is 80.5 Å². The number of hydrogen-bond acceptors (Lipinski definition) is 7. The lowest BCUT2D eigenvalue weighted by Gasteiger charge is -2.19. The van der Waals surface area contributed by atoms with Crippen LogP contribution in [0.3, 0.4) is 0 Å². The molecule has 108 valence electrons. The molecule has 0 fully saturated rings. The summed E-state index contributed by atoms with van der Waals surface area (Å²) < 4.78 is 8.68. The van der Waals surface area contributed by atoms with E-state index in [-0.39, 0.29) is 5.82 Å². The van der Waals surface area contributed by atoms with E-state index in [4.69, 9.17) is 10.5 Å². The molecule has 0 radical (unpaired) electrons. The van der Waals surface area contributed by atoms with Crippen LogP contribution in [0.4, 0.5) is 10.8 Å². The third-order valence-electron chi connectivity index (χ3n) is 2.81. The number of ether oxygens (including phenoxy) is 1. The maximum absolute atomic E-state index is 11.6. The molecule has 19 heavy (non-hydrogen) atoms. The van der Waals surface area contributed by atoms with Crippen LogP contribution in [0.1, 0.15) is 30.6 Å². The van der Waals surface area contributed by atoms with Gasteiger partial charge in [-0.3, -0.25) is 0 Å². The molecule has 0 bridgehead atoms. The van der Waals surface area contributed by atoms with Crippen molar-refractivity contribution >= 4 is 28.3 Å². The Hall–Kier alpha value is -1.34. The number of likely N-dealkylation sites (N-methyl/N-ethyl adjacent to an activating group) is 1. The van der Waals surface area contributed by atoms with Gasteiger partial charge in [0.25, 0.3) is 0 Å². The SMILES string of the molecule is CCCN(CC)CCNc1snc(N)c1C(=O)OC. The number of carbonyl (C=O) groups is 1. The van der Waals surface area contributed by atoms with Crippen LogP contribution >= 0.6 is 11.5 Å². The first-order chi connectivity index (χ1) is 9.13. The van der Waals surface area contributed by atoms with Gasteiger partial charge in [-0.05, 0) is 31.0 Å². The monoisotopic (exact) mass is 286 g/mol. The Morgan fingerprint density at radius 3 is 2.79 bits per heavy atom. The van der Waals surface area contributed by atoms with Crippen molar-refractivity contribution < 1.29 is 9.53 Å². The minimum Gasteiger partial charge on any atom is -0.465 e. The van der Waals surface area contributed by atoms with Crippen LogP contribution in [0.25, 0.3) is 0 Å². The summed E-state index contributed by atoms with van der Waals surface area (Å²) in [6, 6.07) is 0. The van der Waals surface area contributed by atoms with Gasteiger partial charge in [0.2, 0.25) is 0 Å². The van der Waals surface area contributed by atoms with Gasteiger partial charge < -0.3 is 20.7 Å². The minimum absolute atomic E-state index is 0.222. The summed E-state index contributed by atoms with van der Waals surface area (Å²) in [6.07, 6.45) is 1.13. The van der Waals surface area contributed by atoms with Gasteiger partial charge in [-0.2, -0.15) is 4.37 Å². The van der Waals surface area contributed by atoms with Crippen molar-refractivity contribution in [2.24, 2.45) is 0 Å². The minimum atomic E-state index is -0.449. The van der Waals surface area contributed by atoms with E-state index < -0.39 is 5.97 Å². The van der Waals surface area contributed by atoms with Crippen molar-refractivity contribution in [3.63, 3.8) is 0 Å². The molecule has 0 saturated heterocycles. The van der Waals surface area contributed by atoms with Gasteiger partial charge in [0.15, 0.2) is 5.82 Å². The van der Waals surface area contributed by atoms with Crippen molar-refractivity contribution in [3.05, 3.63) is 5.56 Å². The van der Waals surface area contributed by atoms with E-state index in [1.54, 1.807) is 0 Å². The van der Waals surface area contributed by atoms with Crippen molar-refractivity contribution in [2.75, 3.05) is 44.3 Å². The van der Waals surface area contributed by atoms with Gasteiger partial charge in [0, 0.05) is 13.1 Å². The molecule has 7 heteroatoms. The summed E-state index contributed by atoms with van der Waals surface area (Å²) in [4.78, 5) is 13.9. The fourth-order valence-corrected chi connectivity index (χ4v) is 2.52. The molecule has 1 aromatic heterocycles. The van der Waals surface area contributed by atoms with Crippen LogP contribution < -0.4 is 11.1 Å². The standard InChI is InChI=1S/C12H22N4O2S/c1-4-7-16(5-2)8-6-14-11-9(12(17)18-3)10(13)15-19-11/h14H,4-8H2,1-3H3,(H2,13,15). The van der Waals surface area contributed by atoms with Gasteiger partial charge in [-0.25, -0.2) is 4.79 Å². The van der Waals surface area contributed by atoms with Crippen LogP contribution in [0, 0.1) is 0 Å². The molecule has 1 rings (SSSR count). The normalized spacial score (nSPS) is 10.7. The third-order valence-corrected chi connectivity index (χ3v) is 3.63. The molecule has 0 aliphatic heterocycles. The van der Waals surface area contributed by atoms with Crippen molar-refractivity contribution in [1.29, 1.82) is 0 Å². The number of rotatable bonds is 8. The molecule has 0 saturated carbocycles. The smallest absolute Gasteiger partial charge is 0.344 e. The van der Waals surface area contributed by atoms with Gasteiger partial charge >= 0.3 is 5.97 Å². The largest absolute Gasteiger partial charge is 0.465 e. The molecule has 1 heterocycles. The second-order valence-electron chi connectivity index (χ2n) is 4.12. The number of nitrogen functional groups attached to an aromatic ring is 1. The van der Waals surface area contributed by atoms with E-state index in [9.17, 15) is 4.79 Å². The van der Waals surface area contributed by atoms with Crippen molar-refractivity contribution in [2.45, 2.75) is 20.3 Å². The molecule has 0 aliphatic carbocycles. The summed E-state index contributed by atoms with van der Waals surface area (Å²) >= 11 is 1.19. The molecule has 6 nitrogen and oxygen atoms in total. The van der Waals surface area contributed by atoms with E-state index in [1.807, 2.05) is 0 Å². The van der Waals surface area contributed by atoms with E-state index in [0.717, 1.165) is 32.6 Å². The predicted molar refractivity (Wildman–Crippen MR) is 78.8 cm³/mol. The maximum Gasteiger partial charge on any atom is 0.344 e. The lowest BCUT2D eigenvalue weighted by atomic mass is 10.3. The first-order valence-corrected chi connectivity index (χ1v) is 7.21. The van der Waals surface area contributed by atoms with Gasteiger partial charge in [0.1, 0.15) is 10.6 Å². The predicted octanol–water partition coefficient (Wildman–Crippen LogP) is 1.66. The second kappa shape index (κ2) is 7.96. The highest BCUT2D eigenvalue weighted by Gasteiger charge is 2.19. The van der Waals surface area contributed by atoms with Crippen LogP contribution in [0.5, 0.6) is 0 Å². The van der Waals surface area contributed by atoms with E-state index in [0.29, 0.717) is 10.6 Å². The summed E-state index contributed by atoms with van der Waals surface area (Å²) in [5.41, 5.74) is 6.01. The van der Waals surface area contributed by atoms with Gasteiger partial charge in [-0.15, -0.1) is 0 Å². The number of anilines is 2. The van der Waals surface area contributed by atoms with Gasteiger partial charge in [0.05, 0.1) is 7.11 Å². The number of esters is 1. The highest BCUT2D eigenvalue weighted by Crippen LogP contribution is 2.27. The third kappa shape index (κ3) is 4.36. The summed E-state index contributed by atoms with van der Waals surface area (Å²) in [5, 5.41) is 3.88. The number of nitrogens with one attached hydrogen (secondary N) is 1. The Morgan fingerprint density at radius 2 is 2.21 bits per heavy atom. The molecular formula is C12H22N4O2S. The number of carbonyl (C=O) groups excluding carboxylic acids is 1. The molecule has 0 atom stereocenters. The van der Waals surface area contributed by atoms with Crippen molar-refractivity contribution in [3.8, 4) is 0 Å². The van der Waals surface area contributed by atoms with Crippen LogP contribution in [0.15, 0.2) is 0 Å². The number of aromatic nitrogens is 1. The Kier molecular flexibility index (Phi) is 6.58. The number of nitrogens with two attached hydrogens (primary N) is 1. The maximum atomic E-state index is 11.6. The summed E-state index contributed by atoms with van der Waals surface area (Å²) in [7, 11) is 1.34. The summed E-state index contributed by atoms with van der Waals surface area (Å²) in [5.74, 6) is -0.227. The fraction of sp³-hybridized carbons (Fsp3) is 0.667. The molecule has 0 unspecified atom stereocenters. The zero-order valence-electron chi connectivity index (χ0n) is 11.7. The van der Waals surface area contributed by atoms with Crippen molar-refractivity contribution in [1.82, 2.24) is 9.27 Å². The van der Waals surface area contributed by atoms with Gasteiger partial charge in [-0.1, -0.05) is 13.8 Å². The molecule has 0 spiro atoms. The number of methoxy groups -OCH3 is 1. The molecular weight excluding hydrogens is 264 g/mol. The lowest BCUT2D eigenvalue weighted by Crippen LogP contribution is -2.29. The quantitative estimate of drug-likeness (QED) is 0.707. The Bertz CT molecular complexity index is 408. The zero-order chi connectivity index (χ0) is 14.3. The molecule has 0 amide bonds. The average molecular weight is 286 g/mol. The first kappa shape index (κ1) is 15.7. The fourth-order valence-electron chi connectivity index (χ4n) is 1.79. The first-order valence-electron chi connectivity index (χ1n) is 6.43. The van der Waals surface area contributed by atoms with Crippen LogP contribution in [0.2, 0.25) is 0 Å². The van der Waals surface area contributed by atoms with E-state index in [2.05, 4.69) is 28.4 Å². The zero-order valence-corrected chi connectivity index (χ0v) is 12.5. The van der Waals surface area contributed by atoms with Crippen LogP contribution in [-0.4, -0.2) is 48.5 Å². The second-order valence-corrected chi connectivity index (χ2v) is 4.90.